The Balaban J connectivity index is 2.82. The van der Waals surface area contributed by atoms with E-state index in [0.717, 1.165) is 5.69 Å². The van der Waals surface area contributed by atoms with E-state index in [9.17, 15) is 4.79 Å². The normalized spacial score (nSPS) is 13.2. The molecule has 4 nitrogen and oxygen atoms in total. The molecule has 14 heavy (non-hydrogen) atoms. The summed E-state index contributed by atoms with van der Waals surface area (Å²) >= 11 is 0. The van der Waals surface area contributed by atoms with E-state index < -0.39 is 0 Å². The van der Waals surface area contributed by atoms with Gasteiger partial charge in [0.25, 0.3) is 5.56 Å². The van der Waals surface area contributed by atoms with E-state index in [4.69, 9.17) is 5.73 Å². The molecule has 4 heteroatoms. The number of aryl methyl sites for hydroxylation is 1. The summed E-state index contributed by atoms with van der Waals surface area (Å²) in [6.07, 6.45) is 1.56. The molecule has 1 aromatic heterocycles. The van der Waals surface area contributed by atoms with Crippen molar-refractivity contribution in [3.63, 3.8) is 0 Å². The van der Waals surface area contributed by atoms with Crippen LogP contribution >= 0.6 is 0 Å². The lowest BCUT2D eigenvalue weighted by Crippen LogP contribution is -2.35. The Bertz CT molecular complexity index is 357. The van der Waals surface area contributed by atoms with E-state index >= 15 is 0 Å². The number of hydrogen-bond acceptors (Lipinski definition) is 3. The predicted octanol–water partition coefficient (Wildman–Crippen LogP) is 0.535. The molecule has 0 spiro atoms. The minimum Gasteiger partial charge on any atom is -0.326 e. The summed E-state index contributed by atoms with van der Waals surface area (Å²) in [6.45, 7) is 6.41. The molecule has 0 radical (unpaired) electrons. The highest BCUT2D eigenvalue weighted by molar-refractivity contribution is 4.96. The first-order valence-electron chi connectivity index (χ1n) is 4.79. The maximum atomic E-state index is 11.5. The van der Waals surface area contributed by atoms with Gasteiger partial charge in [0.05, 0.1) is 6.33 Å². The van der Waals surface area contributed by atoms with Crippen LogP contribution in [0.5, 0.6) is 0 Å². The Hall–Kier alpha value is -1.16. The Kier molecular flexibility index (Phi) is 3.41. The predicted molar refractivity (Wildman–Crippen MR) is 56.0 cm³/mol. The van der Waals surface area contributed by atoms with Crippen molar-refractivity contribution in [3.05, 3.63) is 28.4 Å². The summed E-state index contributed by atoms with van der Waals surface area (Å²) in [6, 6.07) is 1.52. The van der Waals surface area contributed by atoms with Gasteiger partial charge >= 0.3 is 0 Å². The molecule has 0 fully saturated rings. The third-order valence-electron chi connectivity index (χ3n) is 2.28. The van der Waals surface area contributed by atoms with Gasteiger partial charge in [-0.15, -0.1) is 0 Å². The van der Waals surface area contributed by atoms with Crippen molar-refractivity contribution in [3.8, 4) is 0 Å². The fraction of sp³-hybridized carbons (Fsp3) is 0.600. The molecular formula is C10H17N3O. The van der Waals surface area contributed by atoms with E-state index in [1.165, 1.54) is 6.07 Å². The first kappa shape index (κ1) is 10.9. The van der Waals surface area contributed by atoms with Crippen LogP contribution in [0.3, 0.4) is 0 Å². The standard InChI is InChI=1S/C10H17N3O/c1-7(2)9(11)5-13-6-12-8(3)4-10(13)14/h4,6-7,9H,5,11H2,1-3H3. The molecule has 0 bridgehead atoms. The van der Waals surface area contributed by atoms with Crippen molar-refractivity contribution in [2.75, 3.05) is 0 Å². The lowest BCUT2D eigenvalue weighted by molar-refractivity contribution is 0.425. The second-order valence-corrected chi connectivity index (χ2v) is 3.93. The van der Waals surface area contributed by atoms with Crippen LogP contribution in [0.1, 0.15) is 19.5 Å². The molecule has 1 atom stereocenters. The van der Waals surface area contributed by atoms with Crippen molar-refractivity contribution < 1.29 is 0 Å². The summed E-state index contributed by atoms with van der Waals surface area (Å²) in [5.41, 5.74) is 6.57. The van der Waals surface area contributed by atoms with Crippen LogP contribution in [0.15, 0.2) is 17.2 Å². The van der Waals surface area contributed by atoms with E-state index in [2.05, 4.69) is 4.98 Å². The molecule has 0 aliphatic heterocycles. The first-order valence-corrected chi connectivity index (χ1v) is 4.79. The van der Waals surface area contributed by atoms with Gasteiger partial charge in [-0.2, -0.15) is 0 Å². The van der Waals surface area contributed by atoms with Crippen molar-refractivity contribution in [1.82, 2.24) is 9.55 Å². The number of aromatic nitrogens is 2. The van der Waals surface area contributed by atoms with Crippen LogP contribution in [-0.4, -0.2) is 15.6 Å². The number of hydrogen-bond donors (Lipinski definition) is 1. The monoisotopic (exact) mass is 195 g/mol. The van der Waals surface area contributed by atoms with Gasteiger partial charge in [-0.05, 0) is 12.8 Å². The van der Waals surface area contributed by atoms with Crippen molar-refractivity contribution >= 4 is 0 Å². The van der Waals surface area contributed by atoms with Crippen molar-refractivity contribution in [1.29, 1.82) is 0 Å². The van der Waals surface area contributed by atoms with Crippen LogP contribution in [0.4, 0.5) is 0 Å². The second-order valence-electron chi connectivity index (χ2n) is 3.93. The third-order valence-corrected chi connectivity index (χ3v) is 2.28. The topological polar surface area (TPSA) is 60.9 Å². The smallest absolute Gasteiger partial charge is 0.253 e. The van der Waals surface area contributed by atoms with Gasteiger partial charge in [0.2, 0.25) is 0 Å². The van der Waals surface area contributed by atoms with Crippen LogP contribution in [0.2, 0.25) is 0 Å². The van der Waals surface area contributed by atoms with Gasteiger partial charge in [0.15, 0.2) is 0 Å². The molecule has 0 aliphatic rings. The number of rotatable bonds is 3. The Morgan fingerprint density at radius 2 is 2.21 bits per heavy atom. The minimum atomic E-state index is -0.0337. The molecule has 1 rings (SSSR count). The second kappa shape index (κ2) is 4.37. The Morgan fingerprint density at radius 3 is 2.71 bits per heavy atom. The highest BCUT2D eigenvalue weighted by atomic mass is 16.1. The van der Waals surface area contributed by atoms with Gasteiger partial charge < -0.3 is 5.73 Å². The highest BCUT2D eigenvalue weighted by Crippen LogP contribution is 1.99. The summed E-state index contributed by atoms with van der Waals surface area (Å²) in [5, 5.41) is 0. The van der Waals surface area contributed by atoms with E-state index in [1.54, 1.807) is 17.8 Å². The number of nitrogens with two attached hydrogens (primary N) is 1. The maximum absolute atomic E-state index is 11.5. The molecule has 0 aliphatic carbocycles. The summed E-state index contributed by atoms with van der Waals surface area (Å²) < 4.78 is 1.55. The quantitative estimate of drug-likeness (QED) is 0.765. The van der Waals surface area contributed by atoms with Crippen LogP contribution < -0.4 is 11.3 Å². The van der Waals surface area contributed by atoms with Crippen molar-refractivity contribution in [2.45, 2.75) is 33.4 Å². The van der Waals surface area contributed by atoms with Gasteiger partial charge in [-0.25, -0.2) is 4.98 Å². The zero-order valence-corrected chi connectivity index (χ0v) is 8.90. The summed E-state index contributed by atoms with van der Waals surface area (Å²) in [4.78, 5) is 15.5. The Morgan fingerprint density at radius 1 is 1.57 bits per heavy atom. The van der Waals surface area contributed by atoms with Gasteiger partial charge in [-0.3, -0.25) is 9.36 Å². The highest BCUT2D eigenvalue weighted by Gasteiger charge is 2.08. The van der Waals surface area contributed by atoms with Gasteiger partial charge in [0, 0.05) is 24.3 Å². The molecule has 1 unspecified atom stereocenters. The molecule has 0 saturated carbocycles. The Labute approximate surface area is 83.8 Å². The minimum absolute atomic E-state index is 0.00259. The van der Waals surface area contributed by atoms with E-state index in [1.807, 2.05) is 13.8 Å². The molecule has 0 saturated heterocycles. The third kappa shape index (κ3) is 2.67. The molecule has 1 aromatic rings. The zero-order valence-electron chi connectivity index (χ0n) is 8.90. The lowest BCUT2D eigenvalue weighted by Gasteiger charge is -2.16. The maximum Gasteiger partial charge on any atom is 0.253 e. The molecule has 2 N–H and O–H groups in total. The average Bonchev–Trinajstić information content (AvgIpc) is 2.09. The molecular weight excluding hydrogens is 178 g/mol. The number of nitrogens with zero attached hydrogens (tertiary/aromatic N) is 2. The largest absolute Gasteiger partial charge is 0.326 e. The SMILES string of the molecule is Cc1cc(=O)n(CC(N)C(C)C)cn1. The van der Waals surface area contributed by atoms with Gasteiger partial charge in [0.1, 0.15) is 0 Å². The molecule has 78 valence electrons. The molecule has 0 amide bonds. The van der Waals surface area contributed by atoms with E-state index in [0.29, 0.717) is 12.5 Å². The first-order chi connectivity index (χ1) is 6.50. The summed E-state index contributed by atoms with van der Waals surface area (Å²) in [7, 11) is 0. The summed E-state index contributed by atoms with van der Waals surface area (Å²) in [5.74, 6) is 0.364. The average molecular weight is 195 g/mol. The molecule has 1 heterocycles. The van der Waals surface area contributed by atoms with Crippen LogP contribution in [0, 0.1) is 12.8 Å². The lowest BCUT2D eigenvalue weighted by atomic mass is 10.1. The fourth-order valence-electron chi connectivity index (χ4n) is 1.09. The van der Waals surface area contributed by atoms with Crippen LogP contribution in [-0.2, 0) is 6.54 Å². The van der Waals surface area contributed by atoms with E-state index in [-0.39, 0.29) is 11.6 Å². The van der Waals surface area contributed by atoms with Crippen LogP contribution in [0.25, 0.3) is 0 Å². The van der Waals surface area contributed by atoms with Gasteiger partial charge in [-0.1, -0.05) is 13.8 Å². The zero-order chi connectivity index (χ0) is 10.7. The molecule has 0 aromatic carbocycles. The fourth-order valence-corrected chi connectivity index (χ4v) is 1.09. The van der Waals surface area contributed by atoms with Crippen molar-refractivity contribution in [2.24, 2.45) is 11.7 Å².